The van der Waals surface area contributed by atoms with Crippen LogP contribution in [0.2, 0.25) is 0 Å². The first-order valence-corrected chi connectivity index (χ1v) is 5.05. The van der Waals surface area contributed by atoms with Gasteiger partial charge in [-0.1, -0.05) is 0 Å². The van der Waals surface area contributed by atoms with Gasteiger partial charge in [0.25, 0.3) is 0 Å². The molecule has 1 aromatic rings. The molecule has 0 saturated carbocycles. The van der Waals surface area contributed by atoms with Crippen LogP contribution in [-0.4, -0.2) is 24.3 Å². The Balaban J connectivity index is 2.89. The molecular formula is C10H11F3N2O3. The third-order valence-corrected chi connectivity index (χ3v) is 1.95. The minimum atomic E-state index is -4.35. The van der Waals surface area contributed by atoms with Gasteiger partial charge >= 0.3 is 11.9 Å². The van der Waals surface area contributed by atoms with E-state index in [0.29, 0.717) is 0 Å². The van der Waals surface area contributed by atoms with Crippen molar-refractivity contribution >= 4 is 11.4 Å². The predicted molar refractivity (Wildman–Crippen MR) is 58.8 cm³/mol. The van der Waals surface area contributed by atoms with E-state index in [2.05, 4.69) is 5.32 Å². The fourth-order valence-corrected chi connectivity index (χ4v) is 1.25. The van der Waals surface area contributed by atoms with Gasteiger partial charge in [-0.3, -0.25) is 10.1 Å². The Morgan fingerprint density at radius 1 is 1.44 bits per heavy atom. The average Bonchev–Trinajstić information content (AvgIpc) is 2.25. The fourth-order valence-electron chi connectivity index (χ4n) is 1.25. The third-order valence-electron chi connectivity index (χ3n) is 1.95. The maximum atomic E-state index is 12.0. The predicted octanol–water partition coefficient (Wildman–Crippen LogP) is 2.97. The first-order valence-electron chi connectivity index (χ1n) is 5.05. The molecule has 0 aromatic heterocycles. The van der Waals surface area contributed by atoms with Gasteiger partial charge in [-0.25, -0.2) is 0 Å². The second kappa shape index (κ2) is 5.56. The van der Waals surface area contributed by atoms with E-state index in [-0.39, 0.29) is 23.7 Å². The van der Waals surface area contributed by atoms with Crippen molar-refractivity contribution in [1.29, 1.82) is 0 Å². The molecule has 0 aliphatic heterocycles. The van der Waals surface area contributed by atoms with Crippen LogP contribution >= 0.6 is 0 Å². The van der Waals surface area contributed by atoms with Crippen LogP contribution in [0.25, 0.3) is 0 Å². The topological polar surface area (TPSA) is 64.4 Å². The quantitative estimate of drug-likeness (QED) is 0.656. The summed E-state index contributed by atoms with van der Waals surface area (Å²) in [6, 6.07) is 3.48. The van der Waals surface area contributed by atoms with Gasteiger partial charge in [-0.2, -0.15) is 13.2 Å². The van der Waals surface area contributed by atoms with Crippen molar-refractivity contribution in [3.05, 3.63) is 28.3 Å². The lowest BCUT2D eigenvalue weighted by Gasteiger charge is -2.11. The van der Waals surface area contributed by atoms with Gasteiger partial charge in [0.1, 0.15) is 6.54 Å². The molecule has 100 valence electrons. The molecule has 0 amide bonds. The fraction of sp³-hybridized carbons (Fsp3) is 0.400. The number of benzene rings is 1. The lowest BCUT2D eigenvalue weighted by molar-refractivity contribution is -0.385. The van der Waals surface area contributed by atoms with Gasteiger partial charge in [0.05, 0.1) is 11.5 Å². The van der Waals surface area contributed by atoms with E-state index in [4.69, 9.17) is 4.74 Å². The number of halogens is 3. The van der Waals surface area contributed by atoms with Gasteiger partial charge < -0.3 is 10.1 Å². The Labute approximate surface area is 101 Å². The summed E-state index contributed by atoms with van der Waals surface area (Å²) in [6.45, 7) is 0.597. The number of nitro groups is 1. The van der Waals surface area contributed by atoms with Crippen LogP contribution < -0.4 is 10.1 Å². The van der Waals surface area contributed by atoms with Gasteiger partial charge in [-0.15, -0.1) is 0 Å². The lowest BCUT2D eigenvalue weighted by atomic mass is 10.2. The van der Waals surface area contributed by atoms with Gasteiger partial charge in [-0.05, 0) is 13.0 Å². The molecule has 1 N–H and O–H groups in total. The van der Waals surface area contributed by atoms with Crippen molar-refractivity contribution < 1.29 is 22.8 Å². The van der Waals surface area contributed by atoms with E-state index >= 15 is 0 Å². The summed E-state index contributed by atoms with van der Waals surface area (Å²) in [5, 5.41) is 12.8. The summed E-state index contributed by atoms with van der Waals surface area (Å²) in [5.74, 6) is -0.0605. The lowest BCUT2D eigenvalue weighted by Crippen LogP contribution is -2.21. The summed E-state index contributed by atoms with van der Waals surface area (Å²) in [4.78, 5) is 10.00. The minimum Gasteiger partial charge on any atom is -0.487 e. The summed E-state index contributed by atoms with van der Waals surface area (Å²) < 4.78 is 41.0. The number of nitrogens with one attached hydrogen (secondary N) is 1. The highest BCUT2D eigenvalue weighted by atomic mass is 19.4. The Morgan fingerprint density at radius 2 is 2.11 bits per heavy atom. The second-order valence-electron chi connectivity index (χ2n) is 3.34. The van der Waals surface area contributed by atoms with Crippen molar-refractivity contribution in [2.24, 2.45) is 0 Å². The minimum absolute atomic E-state index is 0.0605. The van der Waals surface area contributed by atoms with E-state index in [1.807, 2.05) is 0 Å². The Bertz CT molecular complexity index is 435. The highest BCUT2D eigenvalue weighted by Gasteiger charge is 2.27. The van der Waals surface area contributed by atoms with Crippen LogP contribution in [0.4, 0.5) is 24.5 Å². The molecule has 0 saturated heterocycles. The molecular weight excluding hydrogens is 253 g/mol. The molecule has 0 bridgehead atoms. The molecule has 1 rings (SSSR count). The van der Waals surface area contributed by atoms with Crippen LogP contribution in [0, 0.1) is 10.1 Å². The molecule has 0 unspecified atom stereocenters. The number of hydrogen-bond acceptors (Lipinski definition) is 4. The molecule has 5 nitrogen and oxygen atoms in total. The average molecular weight is 264 g/mol. The second-order valence-corrected chi connectivity index (χ2v) is 3.34. The molecule has 0 spiro atoms. The smallest absolute Gasteiger partial charge is 0.405 e. The van der Waals surface area contributed by atoms with E-state index < -0.39 is 17.6 Å². The number of nitro benzene ring substituents is 1. The molecule has 1 aromatic carbocycles. The number of alkyl halides is 3. The summed E-state index contributed by atoms with van der Waals surface area (Å²) in [5.41, 5.74) is -0.171. The Hall–Kier alpha value is -1.99. The molecule has 0 aliphatic rings. The maximum absolute atomic E-state index is 12.0. The number of rotatable bonds is 5. The summed E-state index contributed by atoms with van der Waals surface area (Å²) in [6.07, 6.45) is -4.35. The number of hydrogen-bond donors (Lipinski definition) is 1. The molecule has 8 heteroatoms. The maximum Gasteiger partial charge on any atom is 0.405 e. The van der Waals surface area contributed by atoms with Gasteiger partial charge in [0.15, 0.2) is 5.75 Å². The first-order chi connectivity index (χ1) is 8.33. The zero-order valence-electron chi connectivity index (χ0n) is 9.45. The van der Waals surface area contributed by atoms with Crippen molar-refractivity contribution in [2.75, 3.05) is 18.5 Å². The third kappa shape index (κ3) is 4.11. The van der Waals surface area contributed by atoms with Crippen molar-refractivity contribution in [3.63, 3.8) is 0 Å². The largest absolute Gasteiger partial charge is 0.487 e. The van der Waals surface area contributed by atoms with E-state index in [0.717, 1.165) is 6.07 Å². The van der Waals surface area contributed by atoms with Crippen molar-refractivity contribution in [1.82, 2.24) is 0 Å². The molecule has 0 fully saturated rings. The summed E-state index contributed by atoms with van der Waals surface area (Å²) in [7, 11) is 0. The number of nitrogens with zero attached hydrogens (tertiary/aromatic N) is 1. The van der Waals surface area contributed by atoms with Crippen molar-refractivity contribution in [2.45, 2.75) is 13.1 Å². The van der Waals surface area contributed by atoms with Crippen LogP contribution in [-0.2, 0) is 0 Å². The van der Waals surface area contributed by atoms with E-state index in [1.54, 1.807) is 6.92 Å². The zero-order chi connectivity index (χ0) is 13.8. The highest BCUT2D eigenvalue weighted by molar-refractivity contribution is 5.58. The van der Waals surface area contributed by atoms with Crippen LogP contribution in [0.15, 0.2) is 18.2 Å². The van der Waals surface area contributed by atoms with Crippen molar-refractivity contribution in [3.8, 4) is 5.75 Å². The standard InChI is InChI=1S/C10H11F3N2O3/c1-2-18-9-5-7(14-6-10(11,12)13)3-4-8(9)15(16)17/h3-5,14H,2,6H2,1H3. The SMILES string of the molecule is CCOc1cc(NCC(F)(F)F)ccc1[N+](=O)[O-]. The Kier molecular flexibility index (Phi) is 4.35. The van der Waals surface area contributed by atoms with E-state index in [9.17, 15) is 23.3 Å². The van der Waals surface area contributed by atoms with E-state index in [1.165, 1.54) is 12.1 Å². The summed E-state index contributed by atoms with van der Waals surface area (Å²) >= 11 is 0. The van der Waals surface area contributed by atoms with Crippen LogP contribution in [0.3, 0.4) is 0 Å². The number of anilines is 1. The zero-order valence-corrected chi connectivity index (χ0v) is 9.45. The molecule has 0 heterocycles. The molecule has 0 aliphatic carbocycles. The normalized spacial score (nSPS) is 11.1. The highest BCUT2D eigenvalue weighted by Crippen LogP contribution is 2.30. The molecule has 0 atom stereocenters. The van der Waals surface area contributed by atoms with Crippen LogP contribution in [0.1, 0.15) is 6.92 Å². The van der Waals surface area contributed by atoms with Gasteiger partial charge in [0, 0.05) is 17.8 Å². The van der Waals surface area contributed by atoms with Gasteiger partial charge in [0.2, 0.25) is 0 Å². The monoisotopic (exact) mass is 264 g/mol. The number of ether oxygens (including phenoxy) is 1. The van der Waals surface area contributed by atoms with Crippen LogP contribution in [0.5, 0.6) is 5.75 Å². The Morgan fingerprint density at radius 3 is 2.61 bits per heavy atom. The molecule has 0 radical (unpaired) electrons. The first kappa shape index (κ1) is 14.1. The molecule has 18 heavy (non-hydrogen) atoms.